The van der Waals surface area contributed by atoms with Crippen LogP contribution < -0.4 is 5.32 Å². The number of likely N-dealkylation sites (tertiary alicyclic amines) is 1. The van der Waals surface area contributed by atoms with E-state index in [4.69, 9.17) is 0 Å². The summed E-state index contributed by atoms with van der Waals surface area (Å²) < 4.78 is 26.6. The van der Waals surface area contributed by atoms with Gasteiger partial charge in [0, 0.05) is 31.2 Å². The first-order valence-corrected chi connectivity index (χ1v) is 12.5. The Labute approximate surface area is 186 Å². The van der Waals surface area contributed by atoms with Gasteiger partial charge in [-0.3, -0.25) is 9.69 Å². The Morgan fingerprint density at radius 1 is 1.00 bits per heavy atom. The predicted molar refractivity (Wildman–Crippen MR) is 124 cm³/mol. The van der Waals surface area contributed by atoms with Crippen LogP contribution in [0, 0.1) is 0 Å². The Morgan fingerprint density at radius 2 is 1.61 bits per heavy atom. The predicted octanol–water partition coefficient (Wildman–Crippen LogP) is 3.33. The van der Waals surface area contributed by atoms with Gasteiger partial charge in [0.2, 0.25) is 10.0 Å². The molecule has 1 unspecified atom stereocenters. The first-order valence-electron chi connectivity index (χ1n) is 11.1. The van der Waals surface area contributed by atoms with Crippen molar-refractivity contribution >= 4 is 15.8 Å². The van der Waals surface area contributed by atoms with Crippen LogP contribution in [-0.4, -0.2) is 62.7 Å². The lowest BCUT2D eigenvalue weighted by Crippen LogP contribution is -2.36. The van der Waals surface area contributed by atoms with E-state index < -0.39 is 10.0 Å². The SMILES string of the molecule is CCN(CC)S(=O)(=O)c1ccc(C(=O)CNCC(c2ccccc2)N2CCCC2)cc1. The van der Waals surface area contributed by atoms with Gasteiger partial charge < -0.3 is 5.32 Å². The number of ketones is 1. The van der Waals surface area contributed by atoms with Gasteiger partial charge in [0.25, 0.3) is 0 Å². The van der Waals surface area contributed by atoms with Crippen LogP contribution in [0.4, 0.5) is 0 Å². The third kappa shape index (κ3) is 5.80. The van der Waals surface area contributed by atoms with Crippen molar-refractivity contribution in [1.29, 1.82) is 0 Å². The smallest absolute Gasteiger partial charge is 0.243 e. The summed E-state index contributed by atoms with van der Waals surface area (Å²) in [5.74, 6) is -0.0416. The Hall–Kier alpha value is -2.06. The van der Waals surface area contributed by atoms with Crippen molar-refractivity contribution in [2.24, 2.45) is 0 Å². The molecular weight excluding hydrogens is 410 g/mol. The molecule has 1 heterocycles. The van der Waals surface area contributed by atoms with Crippen LogP contribution in [-0.2, 0) is 10.0 Å². The highest BCUT2D eigenvalue weighted by Crippen LogP contribution is 2.24. The second-order valence-corrected chi connectivity index (χ2v) is 9.78. The first-order chi connectivity index (χ1) is 15.0. The fraction of sp³-hybridized carbons (Fsp3) is 0.458. The highest BCUT2D eigenvalue weighted by Gasteiger charge is 2.24. The van der Waals surface area contributed by atoms with Crippen LogP contribution >= 0.6 is 0 Å². The molecule has 6 nitrogen and oxygen atoms in total. The largest absolute Gasteiger partial charge is 0.308 e. The van der Waals surface area contributed by atoms with E-state index in [9.17, 15) is 13.2 Å². The summed E-state index contributed by atoms with van der Waals surface area (Å²) in [4.78, 5) is 15.3. The maximum Gasteiger partial charge on any atom is 0.243 e. The summed E-state index contributed by atoms with van der Waals surface area (Å²) in [5.41, 5.74) is 1.78. The minimum atomic E-state index is -3.51. The fourth-order valence-corrected chi connectivity index (χ4v) is 5.59. The van der Waals surface area contributed by atoms with Gasteiger partial charge in [0.15, 0.2) is 5.78 Å². The monoisotopic (exact) mass is 443 g/mol. The van der Waals surface area contributed by atoms with E-state index in [1.54, 1.807) is 12.1 Å². The van der Waals surface area contributed by atoms with E-state index in [1.165, 1.54) is 34.8 Å². The quantitative estimate of drug-likeness (QED) is 0.540. The highest BCUT2D eigenvalue weighted by atomic mass is 32.2. The molecule has 1 aliphatic heterocycles. The number of nitrogens with zero attached hydrogens (tertiary/aromatic N) is 2. The number of nitrogens with one attached hydrogen (secondary N) is 1. The number of hydrogen-bond acceptors (Lipinski definition) is 5. The summed E-state index contributed by atoms with van der Waals surface area (Å²) in [6.07, 6.45) is 2.43. The molecule has 0 saturated carbocycles. The van der Waals surface area contributed by atoms with E-state index in [0.29, 0.717) is 25.2 Å². The van der Waals surface area contributed by atoms with Gasteiger partial charge in [0.1, 0.15) is 0 Å². The molecular formula is C24H33N3O3S. The third-order valence-electron chi connectivity index (χ3n) is 5.91. The Kier molecular flexibility index (Phi) is 8.37. The van der Waals surface area contributed by atoms with Crippen LogP contribution in [0.1, 0.15) is 48.7 Å². The van der Waals surface area contributed by atoms with Gasteiger partial charge in [-0.25, -0.2) is 8.42 Å². The van der Waals surface area contributed by atoms with Crippen LogP contribution in [0.2, 0.25) is 0 Å². The molecule has 0 aromatic heterocycles. The van der Waals surface area contributed by atoms with Crippen molar-refractivity contribution in [3.63, 3.8) is 0 Å². The number of carbonyl (C=O) groups excluding carboxylic acids is 1. The second kappa shape index (κ2) is 11.0. The maximum atomic E-state index is 12.7. The van der Waals surface area contributed by atoms with Crippen molar-refractivity contribution in [2.75, 3.05) is 39.3 Å². The number of carbonyl (C=O) groups is 1. The lowest BCUT2D eigenvalue weighted by molar-refractivity contribution is 0.0987. The molecule has 2 aromatic rings. The molecule has 0 amide bonds. The van der Waals surface area contributed by atoms with Crippen molar-refractivity contribution < 1.29 is 13.2 Å². The Morgan fingerprint density at radius 3 is 2.19 bits per heavy atom. The minimum Gasteiger partial charge on any atom is -0.308 e. The van der Waals surface area contributed by atoms with Crippen LogP contribution in [0.15, 0.2) is 59.5 Å². The van der Waals surface area contributed by atoms with Gasteiger partial charge >= 0.3 is 0 Å². The van der Waals surface area contributed by atoms with Gasteiger partial charge in [-0.05, 0) is 43.6 Å². The van der Waals surface area contributed by atoms with Gasteiger partial charge in [-0.2, -0.15) is 4.31 Å². The Balaban J connectivity index is 1.61. The van der Waals surface area contributed by atoms with Gasteiger partial charge in [0.05, 0.1) is 11.4 Å². The summed E-state index contributed by atoms with van der Waals surface area (Å²) in [6.45, 7) is 7.55. The molecule has 7 heteroatoms. The molecule has 0 aliphatic carbocycles. The van der Waals surface area contributed by atoms with Gasteiger partial charge in [-0.1, -0.05) is 56.3 Å². The van der Waals surface area contributed by atoms with Crippen molar-refractivity contribution in [3.05, 3.63) is 65.7 Å². The highest BCUT2D eigenvalue weighted by molar-refractivity contribution is 7.89. The molecule has 31 heavy (non-hydrogen) atoms. The van der Waals surface area contributed by atoms with E-state index in [-0.39, 0.29) is 23.3 Å². The molecule has 3 rings (SSSR count). The summed E-state index contributed by atoms with van der Waals surface area (Å²) >= 11 is 0. The first kappa shape index (κ1) is 23.6. The normalized spacial score (nSPS) is 16.0. The molecule has 168 valence electrons. The number of Topliss-reactive ketones (excluding diaryl/α,β-unsaturated/α-hetero) is 1. The van der Waals surface area contributed by atoms with Crippen LogP contribution in [0.25, 0.3) is 0 Å². The summed E-state index contributed by atoms with van der Waals surface area (Å²) in [7, 11) is -3.51. The molecule has 1 saturated heterocycles. The minimum absolute atomic E-state index is 0.0416. The third-order valence-corrected chi connectivity index (χ3v) is 7.97. The fourth-order valence-electron chi connectivity index (χ4n) is 4.14. The standard InChI is InChI=1S/C24H33N3O3S/c1-3-27(4-2)31(29,30)22-14-12-21(13-15-22)24(28)19-25-18-23(26-16-8-9-17-26)20-10-6-5-7-11-20/h5-7,10-15,23,25H,3-4,8-9,16-19H2,1-2H3. The molecule has 1 aliphatic rings. The summed E-state index contributed by atoms with van der Waals surface area (Å²) in [6, 6.07) is 16.9. The number of benzene rings is 2. The number of sulfonamides is 1. The van der Waals surface area contributed by atoms with E-state index in [2.05, 4.69) is 34.5 Å². The van der Waals surface area contributed by atoms with Crippen molar-refractivity contribution in [1.82, 2.24) is 14.5 Å². The van der Waals surface area contributed by atoms with E-state index >= 15 is 0 Å². The lowest BCUT2D eigenvalue weighted by Gasteiger charge is -2.28. The Bertz CT molecular complexity index is 936. The molecule has 1 N–H and O–H groups in total. The number of hydrogen-bond donors (Lipinski definition) is 1. The molecule has 1 fully saturated rings. The van der Waals surface area contributed by atoms with E-state index in [1.807, 2.05) is 19.9 Å². The number of rotatable bonds is 11. The molecule has 0 spiro atoms. The molecule has 2 aromatic carbocycles. The van der Waals surface area contributed by atoms with E-state index in [0.717, 1.165) is 13.1 Å². The van der Waals surface area contributed by atoms with Crippen molar-refractivity contribution in [2.45, 2.75) is 37.6 Å². The zero-order chi connectivity index (χ0) is 22.3. The topological polar surface area (TPSA) is 69.7 Å². The van der Waals surface area contributed by atoms with Crippen LogP contribution in [0.5, 0.6) is 0 Å². The van der Waals surface area contributed by atoms with Gasteiger partial charge in [-0.15, -0.1) is 0 Å². The average Bonchev–Trinajstić information content (AvgIpc) is 3.32. The molecule has 0 bridgehead atoms. The lowest BCUT2D eigenvalue weighted by atomic mass is 10.1. The zero-order valence-electron chi connectivity index (χ0n) is 18.5. The average molecular weight is 444 g/mol. The van der Waals surface area contributed by atoms with Crippen LogP contribution in [0.3, 0.4) is 0 Å². The zero-order valence-corrected chi connectivity index (χ0v) is 19.3. The molecule has 0 radical (unpaired) electrons. The van der Waals surface area contributed by atoms with Crippen molar-refractivity contribution in [3.8, 4) is 0 Å². The second-order valence-electron chi connectivity index (χ2n) is 7.84. The maximum absolute atomic E-state index is 12.7. The molecule has 1 atom stereocenters. The summed E-state index contributed by atoms with van der Waals surface area (Å²) in [5, 5.41) is 3.32.